The first-order chi connectivity index (χ1) is 8.18. The molecule has 0 aliphatic heterocycles. The molecule has 2 aromatic rings. The van der Waals surface area contributed by atoms with Gasteiger partial charge >= 0.3 is 0 Å². The minimum atomic E-state index is -0.427. The van der Waals surface area contributed by atoms with Crippen molar-refractivity contribution in [2.75, 3.05) is 0 Å². The number of aromatic nitrogens is 2. The van der Waals surface area contributed by atoms with Crippen LogP contribution in [0.2, 0.25) is 0 Å². The number of rotatable bonds is 3. The van der Waals surface area contributed by atoms with E-state index in [4.69, 9.17) is 0 Å². The smallest absolute Gasteiger partial charge is 0.278 e. The minimum Gasteiger partial charge on any atom is -0.281 e. The molecule has 0 amide bonds. The highest BCUT2D eigenvalue weighted by atomic mass is 16.6. The third-order valence-electron chi connectivity index (χ3n) is 2.28. The van der Waals surface area contributed by atoms with Crippen LogP contribution in [-0.4, -0.2) is 21.3 Å². The zero-order valence-corrected chi connectivity index (χ0v) is 9.12. The zero-order chi connectivity index (χ0) is 12.3. The third-order valence-corrected chi connectivity index (χ3v) is 2.28. The first-order valence-corrected chi connectivity index (χ1v) is 4.96. The lowest BCUT2D eigenvalue weighted by molar-refractivity contribution is -0.385. The van der Waals surface area contributed by atoms with Gasteiger partial charge in [0, 0.05) is 12.3 Å². The molecule has 0 radical (unpaired) electrons. The van der Waals surface area contributed by atoms with E-state index in [1.165, 1.54) is 12.3 Å². The van der Waals surface area contributed by atoms with Gasteiger partial charge in [-0.2, -0.15) is 5.10 Å². The molecule has 0 unspecified atom stereocenters. The molecule has 86 valence electrons. The van der Waals surface area contributed by atoms with Gasteiger partial charge in [-0.05, 0) is 13.0 Å². The fourth-order valence-corrected chi connectivity index (χ4v) is 1.38. The number of nitrogens with one attached hydrogen (secondary N) is 1. The largest absolute Gasteiger partial charge is 0.281 e. The fraction of sp³-hybridized carbons (Fsp3) is 0.0909. The Morgan fingerprint density at radius 1 is 1.47 bits per heavy atom. The van der Waals surface area contributed by atoms with E-state index in [1.807, 2.05) is 6.92 Å². The van der Waals surface area contributed by atoms with Gasteiger partial charge in [0.2, 0.25) is 0 Å². The number of aromatic amines is 1. The van der Waals surface area contributed by atoms with Gasteiger partial charge < -0.3 is 0 Å². The van der Waals surface area contributed by atoms with Crippen LogP contribution in [0.3, 0.4) is 0 Å². The number of H-pyrrole nitrogens is 1. The van der Waals surface area contributed by atoms with Crippen molar-refractivity contribution in [2.45, 2.75) is 6.92 Å². The molecule has 1 aromatic carbocycles. The van der Waals surface area contributed by atoms with Crippen molar-refractivity contribution in [1.82, 2.24) is 10.2 Å². The summed E-state index contributed by atoms with van der Waals surface area (Å²) in [5.74, 6) is 0. The number of nitrogens with zero attached hydrogens (tertiary/aromatic N) is 3. The number of nitro groups is 1. The maximum absolute atomic E-state index is 10.8. The van der Waals surface area contributed by atoms with E-state index in [0.29, 0.717) is 11.3 Å². The minimum absolute atomic E-state index is 0.0393. The van der Waals surface area contributed by atoms with E-state index in [9.17, 15) is 10.1 Å². The highest BCUT2D eigenvalue weighted by Crippen LogP contribution is 2.18. The molecule has 0 bridgehead atoms. The molecule has 0 saturated carbocycles. The number of hydrogen-bond donors (Lipinski definition) is 1. The summed E-state index contributed by atoms with van der Waals surface area (Å²) in [4.78, 5) is 14.5. The maximum atomic E-state index is 10.8. The molecule has 0 spiro atoms. The second-order valence-corrected chi connectivity index (χ2v) is 3.45. The Labute approximate surface area is 97.2 Å². The van der Waals surface area contributed by atoms with Gasteiger partial charge in [0.25, 0.3) is 5.69 Å². The van der Waals surface area contributed by atoms with Crippen LogP contribution in [0.4, 0.5) is 11.4 Å². The third kappa shape index (κ3) is 2.36. The molecule has 1 heterocycles. The summed E-state index contributed by atoms with van der Waals surface area (Å²) in [6.07, 6.45) is 3.04. The molecule has 0 aliphatic rings. The quantitative estimate of drug-likeness (QED) is 0.499. The number of para-hydroxylation sites is 1. The van der Waals surface area contributed by atoms with E-state index in [2.05, 4.69) is 15.2 Å². The normalized spacial score (nSPS) is 10.9. The Kier molecular flexibility index (Phi) is 2.95. The van der Waals surface area contributed by atoms with Crippen LogP contribution >= 0.6 is 0 Å². The summed E-state index contributed by atoms with van der Waals surface area (Å²) in [7, 11) is 0. The van der Waals surface area contributed by atoms with Gasteiger partial charge in [-0.15, -0.1) is 0 Å². The zero-order valence-electron chi connectivity index (χ0n) is 9.12. The number of aliphatic imine (C=N–C) groups is 1. The summed E-state index contributed by atoms with van der Waals surface area (Å²) in [5, 5.41) is 17.3. The van der Waals surface area contributed by atoms with Crippen molar-refractivity contribution in [3.8, 4) is 0 Å². The van der Waals surface area contributed by atoms with Crippen molar-refractivity contribution < 1.29 is 4.92 Å². The Morgan fingerprint density at radius 2 is 2.24 bits per heavy atom. The van der Waals surface area contributed by atoms with Crippen LogP contribution in [-0.2, 0) is 0 Å². The van der Waals surface area contributed by atoms with E-state index in [1.54, 1.807) is 24.4 Å². The molecule has 1 aromatic heterocycles. The molecule has 0 aliphatic carbocycles. The molecular weight excluding hydrogens is 220 g/mol. The lowest BCUT2D eigenvalue weighted by atomic mass is 10.2. The van der Waals surface area contributed by atoms with E-state index >= 15 is 0 Å². The van der Waals surface area contributed by atoms with Gasteiger partial charge in [-0.25, -0.2) is 0 Å². The van der Waals surface area contributed by atoms with Crippen LogP contribution in [0.25, 0.3) is 0 Å². The molecule has 1 N–H and O–H groups in total. The first kappa shape index (κ1) is 11.0. The van der Waals surface area contributed by atoms with Crippen LogP contribution in [0.1, 0.15) is 11.3 Å². The number of hydrogen-bond acceptors (Lipinski definition) is 4. The molecule has 0 fully saturated rings. The van der Waals surface area contributed by atoms with E-state index in [0.717, 1.165) is 5.69 Å². The first-order valence-electron chi connectivity index (χ1n) is 4.96. The number of benzene rings is 1. The molecule has 17 heavy (non-hydrogen) atoms. The van der Waals surface area contributed by atoms with Crippen LogP contribution in [0.15, 0.2) is 35.5 Å². The predicted molar refractivity (Wildman–Crippen MR) is 63.7 cm³/mol. The molecular formula is C11H10N4O2. The summed E-state index contributed by atoms with van der Waals surface area (Å²) in [6, 6.07) is 6.45. The second kappa shape index (κ2) is 4.56. The van der Waals surface area contributed by atoms with Gasteiger partial charge in [0.1, 0.15) is 5.69 Å². The SMILES string of the molecule is Cc1[nH]ncc1N=Cc1ccccc1[N+](=O)[O-]. The lowest BCUT2D eigenvalue weighted by Gasteiger charge is -1.95. The summed E-state index contributed by atoms with van der Waals surface area (Å²) in [5.41, 5.74) is 2.00. The van der Waals surface area contributed by atoms with E-state index < -0.39 is 4.92 Å². The Balaban J connectivity index is 2.33. The molecule has 6 heteroatoms. The van der Waals surface area contributed by atoms with Crippen LogP contribution < -0.4 is 0 Å². The highest BCUT2D eigenvalue weighted by Gasteiger charge is 2.10. The fourth-order valence-electron chi connectivity index (χ4n) is 1.38. The topological polar surface area (TPSA) is 84.2 Å². The van der Waals surface area contributed by atoms with Crippen molar-refractivity contribution >= 4 is 17.6 Å². The van der Waals surface area contributed by atoms with Crippen LogP contribution in [0, 0.1) is 17.0 Å². The van der Waals surface area contributed by atoms with Gasteiger partial charge in [-0.1, -0.05) is 12.1 Å². The second-order valence-electron chi connectivity index (χ2n) is 3.45. The maximum Gasteiger partial charge on any atom is 0.278 e. The van der Waals surface area contributed by atoms with Crippen molar-refractivity contribution in [2.24, 2.45) is 4.99 Å². The highest BCUT2D eigenvalue weighted by molar-refractivity contribution is 5.87. The monoisotopic (exact) mass is 230 g/mol. The predicted octanol–water partition coefficient (Wildman–Crippen LogP) is 2.38. The van der Waals surface area contributed by atoms with Crippen LogP contribution in [0.5, 0.6) is 0 Å². The summed E-state index contributed by atoms with van der Waals surface area (Å²) < 4.78 is 0. The number of nitro benzene ring substituents is 1. The Bertz CT molecular complexity index is 574. The lowest BCUT2D eigenvalue weighted by Crippen LogP contribution is -1.93. The molecule has 6 nitrogen and oxygen atoms in total. The summed E-state index contributed by atoms with van der Waals surface area (Å²) >= 11 is 0. The Hall–Kier alpha value is -2.50. The molecule has 2 rings (SSSR count). The van der Waals surface area contributed by atoms with Crippen molar-refractivity contribution in [1.29, 1.82) is 0 Å². The van der Waals surface area contributed by atoms with E-state index in [-0.39, 0.29) is 5.69 Å². The molecule has 0 saturated heterocycles. The average Bonchev–Trinajstić information content (AvgIpc) is 2.72. The van der Waals surface area contributed by atoms with Crippen molar-refractivity contribution in [3.63, 3.8) is 0 Å². The molecule has 0 atom stereocenters. The Morgan fingerprint density at radius 3 is 2.88 bits per heavy atom. The average molecular weight is 230 g/mol. The standard InChI is InChI=1S/C11H10N4O2/c1-8-10(7-13-14-8)12-6-9-4-2-3-5-11(9)15(16)17/h2-7H,1H3,(H,13,14). The van der Waals surface area contributed by atoms with Gasteiger partial charge in [0.15, 0.2) is 0 Å². The van der Waals surface area contributed by atoms with Gasteiger partial charge in [0.05, 0.1) is 22.4 Å². The summed E-state index contributed by atoms with van der Waals surface area (Å²) in [6.45, 7) is 1.83. The van der Waals surface area contributed by atoms with Gasteiger partial charge in [-0.3, -0.25) is 20.2 Å². The van der Waals surface area contributed by atoms with Crippen molar-refractivity contribution in [3.05, 3.63) is 51.8 Å². The number of aryl methyl sites for hydroxylation is 1.